The van der Waals surface area contributed by atoms with E-state index in [1.54, 1.807) is 0 Å². The standard InChI is InChI=1S/C26H34N2O4/c1-6-15-26(2,17-28(3,4)5)23(24(29)30)27-25(31)32-16-22-20-13-9-7-11-18(20)19-12-8-10-14-21(19)22/h7-14,22-23H,6,15-17H2,1-5H3,(H-,27,29,30,31)/p+1/t23-,26-/m0/s1. The number of ether oxygens (including phenoxy) is 1. The molecule has 0 bridgehead atoms. The van der Waals surface area contributed by atoms with Crippen LogP contribution in [-0.4, -0.2) is 62.0 Å². The van der Waals surface area contributed by atoms with Gasteiger partial charge in [0.1, 0.15) is 12.6 Å². The van der Waals surface area contributed by atoms with Gasteiger partial charge in [0.05, 0.1) is 27.7 Å². The molecule has 0 fully saturated rings. The number of aliphatic carboxylic acids is 1. The SMILES string of the molecule is CCC[C@@](C)(C[N+](C)(C)C)[C@@H](NC(=O)OCC1c2ccccc2-c2ccccc21)C(=O)O. The lowest BCUT2D eigenvalue weighted by atomic mass is 9.77. The molecule has 2 aromatic rings. The van der Waals surface area contributed by atoms with Gasteiger partial charge >= 0.3 is 12.1 Å². The van der Waals surface area contributed by atoms with Crippen molar-refractivity contribution in [1.82, 2.24) is 5.32 Å². The molecule has 2 N–H and O–H groups in total. The average molecular weight is 440 g/mol. The van der Waals surface area contributed by atoms with Crippen molar-refractivity contribution in [3.8, 4) is 11.1 Å². The summed E-state index contributed by atoms with van der Waals surface area (Å²) < 4.78 is 6.21. The maximum Gasteiger partial charge on any atom is 0.407 e. The summed E-state index contributed by atoms with van der Waals surface area (Å²) in [6.45, 7) is 4.73. The molecule has 2 aromatic carbocycles. The minimum absolute atomic E-state index is 0.0651. The van der Waals surface area contributed by atoms with Crippen molar-refractivity contribution in [3.05, 3.63) is 59.7 Å². The molecular weight excluding hydrogens is 404 g/mol. The summed E-state index contributed by atoms with van der Waals surface area (Å²) >= 11 is 0. The molecule has 6 heteroatoms. The normalized spacial score (nSPS) is 15.9. The number of amides is 1. The summed E-state index contributed by atoms with van der Waals surface area (Å²) in [4.78, 5) is 24.9. The second-order valence-electron chi connectivity index (χ2n) is 10.1. The lowest BCUT2D eigenvalue weighted by molar-refractivity contribution is -0.877. The van der Waals surface area contributed by atoms with E-state index in [4.69, 9.17) is 4.74 Å². The fourth-order valence-corrected chi connectivity index (χ4v) is 5.26. The van der Waals surface area contributed by atoms with E-state index in [-0.39, 0.29) is 12.5 Å². The van der Waals surface area contributed by atoms with Crippen molar-refractivity contribution < 1.29 is 23.9 Å². The number of nitrogens with zero attached hydrogens (tertiary/aromatic N) is 1. The van der Waals surface area contributed by atoms with Gasteiger partial charge < -0.3 is 19.6 Å². The zero-order chi connectivity index (χ0) is 23.5. The first-order chi connectivity index (χ1) is 15.1. The predicted octanol–water partition coefficient (Wildman–Crippen LogP) is 4.49. The second kappa shape index (κ2) is 9.33. The molecule has 32 heavy (non-hydrogen) atoms. The van der Waals surface area contributed by atoms with Gasteiger partial charge in [-0.3, -0.25) is 0 Å². The molecule has 0 saturated heterocycles. The number of carbonyl (C=O) groups excluding carboxylic acids is 1. The molecule has 1 amide bonds. The van der Waals surface area contributed by atoms with Gasteiger partial charge in [-0.25, -0.2) is 9.59 Å². The van der Waals surface area contributed by atoms with Crippen LogP contribution in [0.15, 0.2) is 48.5 Å². The van der Waals surface area contributed by atoms with Crippen molar-refractivity contribution >= 4 is 12.1 Å². The number of alkyl carbamates (subject to hydrolysis) is 1. The Labute approximate surface area is 190 Å². The number of rotatable bonds is 9. The van der Waals surface area contributed by atoms with Crippen LogP contribution in [0.2, 0.25) is 0 Å². The molecule has 0 aromatic heterocycles. The van der Waals surface area contributed by atoms with Gasteiger partial charge in [0, 0.05) is 11.3 Å². The van der Waals surface area contributed by atoms with Gasteiger partial charge in [-0.05, 0) is 28.7 Å². The summed E-state index contributed by atoms with van der Waals surface area (Å²) in [6.07, 6.45) is 0.818. The number of quaternary nitrogens is 1. The highest BCUT2D eigenvalue weighted by Crippen LogP contribution is 2.44. The van der Waals surface area contributed by atoms with Gasteiger partial charge in [-0.15, -0.1) is 0 Å². The zero-order valence-corrected chi connectivity index (χ0v) is 19.7. The van der Waals surface area contributed by atoms with E-state index in [0.717, 1.165) is 28.7 Å². The summed E-state index contributed by atoms with van der Waals surface area (Å²) in [7, 11) is 6.08. The molecule has 0 radical (unpaired) electrons. The topological polar surface area (TPSA) is 75.6 Å². The van der Waals surface area contributed by atoms with Crippen molar-refractivity contribution in [2.75, 3.05) is 34.3 Å². The third-order valence-corrected chi connectivity index (χ3v) is 6.21. The predicted molar refractivity (Wildman–Crippen MR) is 126 cm³/mol. The number of carboxylic acids is 1. The second-order valence-corrected chi connectivity index (χ2v) is 10.1. The van der Waals surface area contributed by atoms with Crippen molar-refractivity contribution in [3.63, 3.8) is 0 Å². The van der Waals surface area contributed by atoms with Crippen LogP contribution < -0.4 is 5.32 Å². The van der Waals surface area contributed by atoms with E-state index in [2.05, 4.69) is 29.6 Å². The maximum absolute atomic E-state index is 12.8. The van der Waals surface area contributed by atoms with Gasteiger partial charge in [-0.2, -0.15) is 0 Å². The molecule has 172 valence electrons. The van der Waals surface area contributed by atoms with Crippen LogP contribution in [0.4, 0.5) is 4.79 Å². The number of hydrogen-bond acceptors (Lipinski definition) is 3. The first kappa shape index (κ1) is 23.8. The third-order valence-electron chi connectivity index (χ3n) is 6.21. The fourth-order valence-electron chi connectivity index (χ4n) is 5.26. The minimum atomic E-state index is -1.04. The summed E-state index contributed by atoms with van der Waals surface area (Å²) in [5.74, 6) is -1.10. The summed E-state index contributed by atoms with van der Waals surface area (Å²) in [5, 5.41) is 12.6. The monoisotopic (exact) mass is 439 g/mol. The van der Waals surface area contributed by atoms with Crippen LogP contribution in [0.25, 0.3) is 11.1 Å². The van der Waals surface area contributed by atoms with E-state index in [1.807, 2.05) is 59.3 Å². The molecule has 0 aliphatic heterocycles. The Morgan fingerprint density at radius 2 is 1.59 bits per heavy atom. The Kier molecular flexibility index (Phi) is 6.94. The van der Waals surface area contributed by atoms with Crippen LogP contribution in [-0.2, 0) is 9.53 Å². The largest absolute Gasteiger partial charge is 0.480 e. The van der Waals surface area contributed by atoms with Crippen LogP contribution in [0.5, 0.6) is 0 Å². The van der Waals surface area contributed by atoms with E-state index in [0.29, 0.717) is 17.4 Å². The minimum Gasteiger partial charge on any atom is -0.480 e. The number of benzene rings is 2. The Morgan fingerprint density at radius 3 is 2.06 bits per heavy atom. The molecular formula is C26H35N2O4+. The van der Waals surface area contributed by atoms with Gasteiger partial charge in [0.25, 0.3) is 0 Å². The van der Waals surface area contributed by atoms with Gasteiger partial charge in [-0.1, -0.05) is 68.8 Å². The summed E-state index contributed by atoms with van der Waals surface area (Å²) in [6, 6.07) is 15.2. The van der Waals surface area contributed by atoms with Crippen LogP contribution in [0.3, 0.4) is 0 Å². The van der Waals surface area contributed by atoms with Crippen molar-refractivity contribution in [2.45, 2.75) is 38.6 Å². The van der Waals surface area contributed by atoms with Crippen molar-refractivity contribution in [2.24, 2.45) is 5.41 Å². The molecule has 3 rings (SSSR count). The van der Waals surface area contributed by atoms with E-state index >= 15 is 0 Å². The number of nitrogens with one attached hydrogen (secondary N) is 1. The highest BCUT2D eigenvalue weighted by molar-refractivity contribution is 5.81. The molecule has 0 saturated carbocycles. The number of fused-ring (bicyclic) bond motifs is 3. The Bertz CT molecular complexity index is 936. The average Bonchev–Trinajstić information content (AvgIpc) is 3.03. The Balaban J connectivity index is 1.75. The lowest BCUT2D eigenvalue weighted by Crippen LogP contribution is -2.58. The number of carbonyl (C=O) groups is 2. The van der Waals surface area contributed by atoms with Crippen molar-refractivity contribution in [1.29, 1.82) is 0 Å². The van der Waals surface area contributed by atoms with E-state index in [9.17, 15) is 14.7 Å². The Hall–Kier alpha value is -2.86. The zero-order valence-electron chi connectivity index (χ0n) is 19.7. The summed E-state index contributed by atoms with van der Waals surface area (Å²) in [5.41, 5.74) is 3.94. The number of hydrogen-bond donors (Lipinski definition) is 2. The molecule has 1 aliphatic rings. The van der Waals surface area contributed by atoms with E-state index in [1.165, 1.54) is 0 Å². The first-order valence-electron chi connectivity index (χ1n) is 11.2. The molecule has 6 nitrogen and oxygen atoms in total. The van der Waals surface area contributed by atoms with E-state index < -0.39 is 23.5 Å². The number of carboxylic acid groups (broad SMARTS) is 1. The smallest absolute Gasteiger partial charge is 0.407 e. The molecule has 1 aliphatic carbocycles. The fraction of sp³-hybridized carbons (Fsp3) is 0.462. The van der Waals surface area contributed by atoms with Gasteiger partial charge in [0.15, 0.2) is 0 Å². The maximum atomic E-state index is 12.8. The first-order valence-corrected chi connectivity index (χ1v) is 11.2. The molecule has 0 heterocycles. The lowest BCUT2D eigenvalue weighted by Gasteiger charge is -2.40. The Morgan fingerprint density at radius 1 is 1.06 bits per heavy atom. The highest BCUT2D eigenvalue weighted by atomic mass is 16.5. The molecule has 0 spiro atoms. The molecule has 2 atom stereocenters. The molecule has 0 unspecified atom stereocenters. The van der Waals surface area contributed by atoms with Gasteiger partial charge in [0.2, 0.25) is 0 Å². The van der Waals surface area contributed by atoms with Crippen LogP contribution in [0.1, 0.15) is 43.7 Å². The third kappa shape index (κ3) is 5.13. The van der Waals surface area contributed by atoms with Crippen LogP contribution in [0, 0.1) is 5.41 Å². The highest BCUT2D eigenvalue weighted by Gasteiger charge is 2.44. The van der Waals surface area contributed by atoms with Crippen LogP contribution >= 0.6 is 0 Å². The quantitative estimate of drug-likeness (QED) is 0.565.